The lowest BCUT2D eigenvalue weighted by atomic mass is 10.0. The second-order valence-corrected chi connectivity index (χ2v) is 2.25. The third-order valence-electron chi connectivity index (χ3n) is 1.35. The predicted molar refractivity (Wildman–Crippen MR) is 41.9 cm³/mol. The Bertz CT molecular complexity index is 247. The molecule has 0 rings (SSSR count). The quantitative estimate of drug-likeness (QED) is 0.369. The summed E-state index contributed by atoms with van der Waals surface area (Å²) in [6.45, 7) is 0. The van der Waals surface area contributed by atoms with E-state index in [2.05, 4.69) is 0 Å². The van der Waals surface area contributed by atoms with Crippen molar-refractivity contribution in [3.05, 3.63) is 12.2 Å². The van der Waals surface area contributed by atoms with E-state index in [1.165, 1.54) is 0 Å². The molecule has 0 aliphatic heterocycles. The number of hydrogen-bond donors (Lipinski definition) is 3. The van der Waals surface area contributed by atoms with Crippen LogP contribution in [0.2, 0.25) is 0 Å². The molecule has 0 aromatic heterocycles. The highest BCUT2D eigenvalue weighted by Gasteiger charge is 2.27. The van der Waals surface area contributed by atoms with Crippen LogP contribution in [0.25, 0.3) is 0 Å². The molecule has 0 aliphatic carbocycles. The van der Waals surface area contributed by atoms with Gasteiger partial charge in [-0.2, -0.15) is 0 Å². The van der Waals surface area contributed by atoms with Gasteiger partial charge < -0.3 is 15.9 Å². The number of carboxylic acids is 2. The average Bonchev–Trinajstić information content (AvgIpc) is 2.04. The highest BCUT2D eigenvalue weighted by Crippen LogP contribution is 2.04. The number of rotatable bonds is 5. The molecule has 6 heteroatoms. The van der Waals surface area contributed by atoms with Gasteiger partial charge in [-0.3, -0.25) is 14.4 Å². The minimum atomic E-state index is -1.55. The largest absolute Gasteiger partial charge is 0.481 e. The second kappa shape index (κ2) is 5.04. The molecule has 13 heavy (non-hydrogen) atoms. The lowest BCUT2D eigenvalue weighted by Gasteiger charge is -2.11. The predicted octanol–water partition coefficient (Wildman–Crippen LogP) is -1.15. The van der Waals surface area contributed by atoms with E-state index >= 15 is 0 Å². The van der Waals surface area contributed by atoms with Crippen molar-refractivity contribution in [1.82, 2.24) is 0 Å². The summed E-state index contributed by atoms with van der Waals surface area (Å²) >= 11 is 0. The smallest absolute Gasteiger partial charge is 0.321 e. The van der Waals surface area contributed by atoms with Crippen LogP contribution in [0.5, 0.6) is 0 Å². The van der Waals surface area contributed by atoms with Crippen LogP contribution in [0.15, 0.2) is 12.2 Å². The number of aldehydes is 1. The van der Waals surface area contributed by atoms with Crippen LogP contribution in [0, 0.1) is 5.92 Å². The Kier molecular flexibility index (Phi) is 4.39. The van der Waals surface area contributed by atoms with Crippen LogP contribution < -0.4 is 5.73 Å². The first-order valence-electron chi connectivity index (χ1n) is 3.34. The molecular formula is C7H9NO5. The molecule has 0 saturated carbocycles. The maximum Gasteiger partial charge on any atom is 0.321 e. The van der Waals surface area contributed by atoms with E-state index in [0.717, 1.165) is 12.2 Å². The monoisotopic (exact) mass is 187 g/mol. The van der Waals surface area contributed by atoms with E-state index in [4.69, 9.17) is 15.9 Å². The number of carbonyl (C=O) groups is 3. The molecule has 0 bridgehead atoms. The summed E-state index contributed by atoms with van der Waals surface area (Å²) in [5, 5.41) is 16.9. The van der Waals surface area contributed by atoms with Crippen molar-refractivity contribution < 1.29 is 24.6 Å². The Balaban J connectivity index is 4.60. The van der Waals surface area contributed by atoms with Gasteiger partial charge in [0.1, 0.15) is 18.2 Å². The number of allylic oxidation sites excluding steroid dienone is 1. The molecule has 72 valence electrons. The zero-order valence-corrected chi connectivity index (χ0v) is 6.58. The zero-order valence-electron chi connectivity index (χ0n) is 6.58. The minimum Gasteiger partial charge on any atom is -0.481 e. The lowest BCUT2D eigenvalue weighted by Crippen LogP contribution is -2.41. The topological polar surface area (TPSA) is 118 Å². The van der Waals surface area contributed by atoms with Crippen molar-refractivity contribution >= 4 is 18.2 Å². The molecule has 2 unspecified atom stereocenters. The van der Waals surface area contributed by atoms with Crippen molar-refractivity contribution in [2.24, 2.45) is 11.7 Å². The normalized spacial score (nSPS) is 15.2. The summed E-state index contributed by atoms with van der Waals surface area (Å²) < 4.78 is 0. The molecule has 4 N–H and O–H groups in total. The Labute approximate surface area is 73.7 Å². The number of nitrogens with two attached hydrogens (primary N) is 1. The molecule has 0 heterocycles. The summed E-state index contributed by atoms with van der Waals surface area (Å²) in [4.78, 5) is 30.6. The van der Waals surface area contributed by atoms with Gasteiger partial charge in [0, 0.05) is 0 Å². The fourth-order valence-corrected chi connectivity index (χ4v) is 0.674. The highest BCUT2D eigenvalue weighted by molar-refractivity contribution is 5.84. The van der Waals surface area contributed by atoms with Crippen LogP contribution in [0.1, 0.15) is 0 Å². The Morgan fingerprint density at radius 3 is 2.08 bits per heavy atom. The number of carboxylic acid groups (broad SMARTS) is 2. The first-order valence-corrected chi connectivity index (χ1v) is 3.34. The third-order valence-corrected chi connectivity index (χ3v) is 1.35. The maximum atomic E-state index is 10.4. The van der Waals surface area contributed by atoms with Gasteiger partial charge in [-0.05, 0) is 6.08 Å². The first kappa shape index (κ1) is 11.3. The van der Waals surface area contributed by atoms with E-state index < -0.39 is 23.9 Å². The summed E-state index contributed by atoms with van der Waals surface area (Å²) in [5.41, 5.74) is 5.05. The number of carbonyl (C=O) groups excluding carboxylic acids is 1. The van der Waals surface area contributed by atoms with E-state index in [1.807, 2.05) is 0 Å². The standard InChI is InChI=1S/C7H9NO5/c8-5(7(12)13)4(6(10)11)2-1-3-9/h1-5H,8H2,(H,10,11)(H,12,13). The Morgan fingerprint density at radius 1 is 1.23 bits per heavy atom. The SMILES string of the molecule is NC(C(=O)O)C(C=CC=O)C(=O)O. The van der Waals surface area contributed by atoms with Crippen LogP contribution in [0.3, 0.4) is 0 Å². The van der Waals surface area contributed by atoms with Gasteiger partial charge in [0.2, 0.25) is 0 Å². The summed E-state index contributed by atoms with van der Waals surface area (Å²) in [7, 11) is 0. The fraction of sp³-hybridized carbons (Fsp3) is 0.286. The van der Waals surface area contributed by atoms with Crippen molar-refractivity contribution in [2.45, 2.75) is 6.04 Å². The van der Waals surface area contributed by atoms with Crippen LogP contribution in [0.4, 0.5) is 0 Å². The van der Waals surface area contributed by atoms with Gasteiger partial charge in [0.25, 0.3) is 0 Å². The molecular weight excluding hydrogens is 178 g/mol. The van der Waals surface area contributed by atoms with E-state index in [1.54, 1.807) is 0 Å². The molecule has 0 spiro atoms. The van der Waals surface area contributed by atoms with Crippen molar-refractivity contribution in [2.75, 3.05) is 0 Å². The van der Waals surface area contributed by atoms with Gasteiger partial charge in [0.15, 0.2) is 0 Å². The fourth-order valence-electron chi connectivity index (χ4n) is 0.674. The van der Waals surface area contributed by atoms with Crippen molar-refractivity contribution in [3.8, 4) is 0 Å². The van der Waals surface area contributed by atoms with Crippen LogP contribution >= 0.6 is 0 Å². The molecule has 0 radical (unpaired) electrons. The molecule has 0 fully saturated rings. The second-order valence-electron chi connectivity index (χ2n) is 2.25. The minimum absolute atomic E-state index is 0.352. The Hall–Kier alpha value is -1.69. The summed E-state index contributed by atoms with van der Waals surface area (Å²) in [6.07, 6.45) is 2.19. The van der Waals surface area contributed by atoms with Crippen LogP contribution in [-0.2, 0) is 14.4 Å². The zero-order chi connectivity index (χ0) is 10.4. The molecule has 6 nitrogen and oxygen atoms in total. The van der Waals surface area contributed by atoms with E-state index in [9.17, 15) is 14.4 Å². The van der Waals surface area contributed by atoms with E-state index in [0.29, 0.717) is 6.29 Å². The average molecular weight is 187 g/mol. The lowest BCUT2D eigenvalue weighted by molar-refractivity contribution is -0.148. The third kappa shape index (κ3) is 3.48. The molecule has 0 saturated heterocycles. The van der Waals surface area contributed by atoms with Gasteiger partial charge in [-0.25, -0.2) is 0 Å². The molecule has 0 aromatic rings. The summed E-state index contributed by atoms with van der Waals surface area (Å²) in [5.74, 6) is -4.20. The highest BCUT2D eigenvalue weighted by atomic mass is 16.4. The number of hydrogen-bond acceptors (Lipinski definition) is 4. The summed E-state index contributed by atoms with van der Waals surface area (Å²) in [6, 6.07) is -1.55. The molecule has 0 aliphatic rings. The van der Waals surface area contributed by atoms with Gasteiger partial charge in [0.05, 0.1) is 0 Å². The molecule has 0 aromatic carbocycles. The van der Waals surface area contributed by atoms with Gasteiger partial charge in [-0.15, -0.1) is 0 Å². The first-order chi connectivity index (χ1) is 6.00. The van der Waals surface area contributed by atoms with Gasteiger partial charge in [-0.1, -0.05) is 6.08 Å². The van der Waals surface area contributed by atoms with Crippen molar-refractivity contribution in [3.63, 3.8) is 0 Å². The Morgan fingerprint density at radius 2 is 1.77 bits per heavy atom. The molecule has 0 amide bonds. The van der Waals surface area contributed by atoms with E-state index in [-0.39, 0.29) is 0 Å². The molecule has 2 atom stereocenters. The number of aliphatic carboxylic acids is 2. The maximum absolute atomic E-state index is 10.4. The van der Waals surface area contributed by atoms with Crippen molar-refractivity contribution in [1.29, 1.82) is 0 Å². The van der Waals surface area contributed by atoms with Gasteiger partial charge >= 0.3 is 11.9 Å². The van der Waals surface area contributed by atoms with Crippen LogP contribution in [-0.4, -0.2) is 34.5 Å².